The Morgan fingerprint density at radius 2 is 1.69 bits per heavy atom. The maximum Gasteiger partial charge on any atom is 0.410 e. The lowest BCUT2D eigenvalue weighted by Crippen LogP contribution is -2.58. The van der Waals surface area contributed by atoms with Crippen LogP contribution in [0.5, 0.6) is 0 Å². The van der Waals surface area contributed by atoms with Crippen LogP contribution in [-0.2, 0) is 49.4 Å². The molecule has 13 atom stereocenters. The summed E-state index contributed by atoms with van der Waals surface area (Å²) in [6.07, 6.45) is 0.585. The minimum absolute atomic E-state index is 0.0380. The second kappa shape index (κ2) is 19.1. The first-order valence-electron chi connectivity index (χ1n) is 21.5. The molecule has 58 heavy (non-hydrogen) atoms. The van der Waals surface area contributed by atoms with E-state index in [1.54, 1.807) is 25.9 Å². The van der Waals surface area contributed by atoms with Crippen LogP contribution in [0.4, 0.5) is 4.79 Å². The van der Waals surface area contributed by atoms with Gasteiger partial charge in [0.05, 0.1) is 30.8 Å². The number of amides is 1. The first-order valence-corrected chi connectivity index (χ1v) is 21.5. The van der Waals surface area contributed by atoms with Crippen molar-refractivity contribution >= 4 is 23.8 Å². The molecule has 13 nitrogen and oxygen atoms in total. The molecule has 1 amide bonds. The Kier molecular flexibility index (Phi) is 15.1. The molecule has 0 aromatic heterocycles. The number of benzene rings is 1. The molecule has 0 bridgehead atoms. The number of rotatable bonds is 10. The van der Waals surface area contributed by atoms with Crippen molar-refractivity contribution in [2.45, 2.75) is 154 Å². The zero-order valence-corrected chi connectivity index (χ0v) is 37.1. The van der Waals surface area contributed by atoms with Gasteiger partial charge < -0.3 is 43.1 Å². The van der Waals surface area contributed by atoms with Crippen molar-refractivity contribution < 1.29 is 47.6 Å². The fraction of sp³-hybridized carbons (Fsp3) is 0.778. The molecule has 3 unspecified atom stereocenters. The molecule has 3 saturated heterocycles. The van der Waals surface area contributed by atoms with Crippen LogP contribution < -0.4 is 0 Å². The van der Waals surface area contributed by atoms with Crippen LogP contribution in [0.2, 0.25) is 0 Å². The molecule has 1 aromatic rings. The van der Waals surface area contributed by atoms with Gasteiger partial charge in [0.1, 0.15) is 18.6 Å². The Bertz CT molecular complexity index is 1570. The smallest absolute Gasteiger partial charge is 0.410 e. The van der Waals surface area contributed by atoms with Gasteiger partial charge in [-0.3, -0.25) is 14.4 Å². The van der Waals surface area contributed by atoms with Crippen LogP contribution in [-0.4, -0.2) is 134 Å². The fourth-order valence-electron chi connectivity index (χ4n) is 9.95. The first-order chi connectivity index (χ1) is 27.3. The molecule has 13 heteroatoms. The summed E-state index contributed by atoms with van der Waals surface area (Å²) in [5.41, 5.74) is -1.12. The Balaban J connectivity index is 1.44. The quantitative estimate of drug-likeness (QED) is 0.154. The molecule has 3 heterocycles. The zero-order chi connectivity index (χ0) is 42.7. The van der Waals surface area contributed by atoms with Gasteiger partial charge in [-0.15, -0.1) is 0 Å². The summed E-state index contributed by atoms with van der Waals surface area (Å²) in [6, 6.07) is 9.69. The van der Waals surface area contributed by atoms with Crippen molar-refractivity contribution in [2.24, 2.45) is 29.6 Å². The van der Waals surface area contributed by atoms with E-state index in [4.69, 9.17) is 28.4 Å². The number of Topliss-reactive ketones (excluding diaryl/α,β-unsaturated/α-hetero) is 1. The van der Waals surface area contributed by atoms with Crippen molar-refractivity contribution in [1.82, 2.24) is 14.7 Å². The Hall–Kier alpha value is -3.10. The Morgan fingerprint density at radius 3 is 2.29 bits per heavy atom. The second-order valence-corrected chi connectivity index (χ2v) is 18.5. The summed E-state index contributed by atoms with van der Waals surface area (Å²) >= 11 is 0. The van der Waals surface area contributed by atoms with E-state index < -0.39 is 47.5 Å². The molecule has 4 fully saturated rings. The van der Waals surface area contributed by atoms with E-state index in [-0.39, 0.29) is 72.9 Å². The first kappa shape index (κ1) is 46.0. The zero-order valence-electron chi connectivity index (χ0n) is 37.1. The van der Waals surface area contributed by atoms with Gasteiger partial charge >= 0.3 is 18.0 Å². The van der Waals surface area contributed by atoms with Crippen LogP contribution in [0, 0.1) is 29.6 Å². The number of nitrogens with zero attached hydrogens (tertiary/aromatic N) is 3. The predicted molar refractivity (Wildman–Crippen MR) is 219 cm³/mol. The van der Waals surface area contributed by atoms with E-state index in [2.05, 4.69) is 30.6 Å². The number of ether oxygens (including phenoxy) is 6. The molecular formula is C45H71N3O10. The van der Waals surface area contributed by atoms with E-state index in [0.29, 0.717) is 32.4 Å². The van der Waals surface area contributed by atoms with Crippen molar-refractivity contribution in [3.05, 3.63) is 35.9 Å². The number of hydrogen-bond acceptors (Lipinski definition) is 12. The van der Waals surface area contributed by atoms with Crippen LogP contribution in [0.3, 0.4) is 0 Å². The number of esters is 2. The number of carbonyl (C=O) groups is 4. The standard InChI is InChI=1S/C45H71N3O10/c1-13-37-45(8)35(22-38(49)58-45)31(6)47(11)24-27(2)23-44(7,53-12)40(29(4)39(50)30(5)41(51)56-37)57-42-28(3)36(46(9)10)21-34(55-42)25-48(33-19-20-33)43(52)54-26-32-17-15-14-16-18-32/h14-18,27-31,33-37,40,42H,13,19-26H2,1-12H3/t27-,28-,29+,30?,31-,34+,35-,36?,37-,40-,42?,44-,45+/m1/s1. The molecule has 5 rings (SSSR count). The van der Waals surface area contributed by atoms with Gasteiger partial charge in [0.15, 0.2) is 17.7 Å². The van der Waals surface area contributed by atoms with Crippen LogP contribution >= 0.6 is 0 Å². The topological polar surface area (TPSA) is 133 Å². The van der Waals surface area contributed by atoms with Gasteiger partial charge in [0, 0.05) is 49.5 Å². The van der Waals surface area contributed by atoms with Crippen LogP contribution in [0.1, 0.15) is 99.5 Å². The molecule has 326 valence electrons. The molecule has 1 saturated carbocycles. The highest BCUT2D eigenvalue weighted by Gasteiger charge is 2.56. The van der Waals surface area contributed by atoms with E-state index in [1.165, 1.54) is 0 Å². The second-order valence-electron chi connectivity index (χ2n) is 18.5. The van der Waals surface area contributed by atoms with Crippen molar-refractivity contribution in [3.63, 3.8) is 0 Å². The van der Waals surface area contributed by atoms with Gasteiger partial charge in [-0.25, -0.2) is 4.79 Å². The van der Waals surface area contributed by atoms with Crippen molar-refractivity contribution in [1.29, 1.82) is 0 Å². The van der Waals surface area contributed by atoms with Gasteiger partial charge in [-0.2, -0.15) is 0 Å². The number of hydrogen-bond donors (Lipinski definition) is 0. The highest BCUT2D eigenvalue weighted by molar-refractivity contribution is 6.00. The van der Waals surface area contributed by atoms with Crippen LogP contribution in [0.15, 0.2) is 30.3 Å². The largest absolute Gasteiger partial charge is 0.458 e. The molecule has 1 aliphatic carbocycles. The molecule has 0 spiro atoms. The number of carbonyl (C=O) groups excluding carboxylic acids is 4. The summed E-state index contributed by atoms with van der Waals surface area (Å²) in [5.74, 6) is -3.54. The number of methoxy groups -OCH3 is 1. The molecule has 3 aliphatic heterocycles. The average Bonchev–Trinajstić information content (AvgIpc) is 3.98. The van der Waals surface area contributed by atoms with Crippen molar-refractivity contribution in [2.75, 3.05) is 41.3 Å². The van der Waals surface area contributed by atoms with Crippen LogP contribution in [0.25, 0.3) is 0 Å². The Morgan fingerprint density at radius 1 is 1.02 bits per heavy atom. The third-order valence-corrected chi connectivity index (χ3v) is 13.7. The number of ketones is 1. The van der Waals surface area contributed by atoms with Gasteiger partial charge in [-0.1, -0.05) is 58.0 Å². The third-order valence-electron chi connectivity index (χ3n) is 13.7. The average molecular weight is 814 g/mol. The number of fused-ring (bicyclic) bond motifs is 1. The van der Waals surface area contributed by atoms with Gasteiger partial charge in [0.25, 0.3) is 0 Å². The third kappa shape index (κ3) is 10.3. The minimum atomic E-state index is -1.13. The maximum atomic E-state index is 14.5. The lowest BCUT2D eigenvalue weighted by molar-refractivity contribution is -0.284. The normalized spacial score (nSPS) is 38.3. The molecule has 1 aromatic carbocycles. The SMILES string of the molecule is CC[C@H]1OC(=O)C(C)C(=O)[C@H](C)[C@@H](OC2O[C@H](CN(C(=O)OCc3ccccc3)C3CC3)CC(N(C)C)[C@H]2C)[C@](C)(OC)C[C@@H](C)CN(C)[C@H](C)[C@H]2CC(=O)O[C@@]21C. The summed E-state index contributed by atoms with van der Waals surface area (Å²) in [5, 5.41) is 0. The minimum Gasteiger partial charge on any atom is -0.458 e. The van der Waals surface area contributed by atoms with Gasteiger partial charge in [-0.05, 0) is 92.4 Å². The predicted octanol–water partition coefficient (Wildman–Crippen LogP) is 6.10. The summed E-state index contributed by atoms with van der Waals surface area (Å²) in [4.78, 5) is 61.1. The summed E-state index contributed by atoms with van der Waals surface area (Å²) in [6.45, 7) is 16.6. The highest BCUT2D eigenvalue weighted by Crippen LogP contribution is 2.43. The Labute approximate surface area is 346 Å². The molecular weight excluding hydrogens is 743 g/mol. The summed E-state index contributed by atoms with van der Waals surface area (Å²) < 4.78 is 38.3. The molecule has 4 aliphatic rings. The maximum absolute atomic E-state index is 14.5. The van der Waals surface area contributed by atoms with E-state index in [1.807, 2.05) is 72.2 Å². The lowest BCUT2D eigenvalue weighted by atomic mass is 9.77. The van der Waals surface area contributed by atoms with E-state index >= 15 is 0 Å². The number of cyclic esters (lactones) is 1. The highest BCUT2D eigenvalue weighted by atomic mass is 16.7. The lowest BCUT2D eigenvalue weighted by Gasteiger charge is -2.48. The molecule has 0 radical (unpaired) electrons. The van der Waals surface area contributed by atoms with Gasteiger partial charge in [0.2, 0.25) is 0 Å². The fourth-order valence-corrected chi connectivity index (χ4v) is 9.95. The summed E-state index contributed by atoms with van der Waals surface area (Å²) in [7, 11) is 7.76. The van der Waals surface area contributed by atoms with E-state index in [0.717, 1.165) is 18.4 Å². The molecule has 0 N–H and O–H groups in total. The van der Waals surface area contributed by atoms with E-state index in [9.17, 15) is 19.2 Å². The van der Waals surface area contributed by atoms with Crippen molar-refractivity contribution in [3.8, 4) is 0 Å². The monoisotopic (exact) mass is 814 g/mol.